The summed E-state index contributed by atoms with van der Waals surface area (Å²) in [4.78, 5) is 0. The number of hydrogen-bond donors (Lipinski definition) is 0. The second-order valence-corrected chi connectivity index (χ2v) is 5.20. The van der Waals surface area contributed by atoms with E-state index in [0.29, 0.717) is 4.47 Å². The van der Waals surface area contributed by atoms with Crippen LogP contribution in [0.3, 0.4) is 0 Å². The molecule has 5 heteroatoms. The third kappa shape index (κ3) is 2.55. The highest BCUT2D eigenvalue weighted by atomic mass is 79.9. The molecule has 2 rings (SSSR count). The van der Waals surface area contributed by atoms with Crippen LogP contribution in [-0.2, 0) is 0 Å². The molecule has 0 nitrogen and oxygen atoms in total. The summed E-state index contributed by atoms with van der Waals surface area (Å²) >= 11 is 6.11. The van der Waals surface area contributed by atoms with Crippen molar-refractivity contribution in [1.82, 2.24) is 0 Å². The molecule has 0 heterocycles. The van der Waals surface area contributed by atoms with Gasteiger partial charge in [0.25, 0.3) is 0 Å². The molecule has 0 saturated carbocycles. The van der Waals surface area contributed by atoms with Gasteiger partial charge in [-0.1, -0.05) is 31.9 Å². The van der Waals surface area contributed by atoms with Crippen molar-refractivity contribution in [1.29, 1.82) is 0 Å². The smallest absolute Gasteiger partial charge is 0.135 e. The van der Waals surface area contributed by atoms with Crippen molar-refractivity contribution < 1.29 is 13.2 Å². The maximum Gasteiger partial charge on any atom is 0.135 e. The van der Waals surface area contributed by atoms with Crippen LogP contribution in [0.25, 0.3) is 11.1 Å². The van der Waals surface area contributed by atoms with Gasteiger partial charge in [0.05, 0.1) is 5.56 Å². The Morgan fingerprint density at radius 1 is 0.706 bits per heavy atom. The van der Waals surface area contributed by atoms with Crippen LogP contribution in [0.4, 0.5) is 13.2 Å². The molecule has 0 aliphatic rings. The fraction of sp³-hybridized carbons (Fsp3) is 0. The lowest BCUT2D eigenvalue weighted by Crippen LogP contribution is -1.93. The SMILES string of the molecule is Fc1ccc(Br)cc1-c1c(F)cc(Br)cc1F. The van der Waals surface area contributed by atoms with Crippen molar-refractivity contribution in [2.45, 2.75) is 0 Å². The predicted molar refractivity (Wildman–Crippen MR) is 67.2 cm³/mol. The van der Waals surface area contributed by atoms with Crippen molar-refractivity contribution in [3.8, 4) is 11.1 Å². The standard InChI is InChI=1S/C12H5Br2F3/c13-6-1-2-9(15)8(3-6)12-10(16)4-7(14)5-11(12)17/h1-5H. The summed E-state index contributed by atoms with van der Waals surface area (Å²) in [6.45, 7) is 0. The van der Waals surface area contributed by atoms with Crippen molar-refractivity contribution in [2.24, 2.45) is 0 Å². The van der Waals surface area contributed by atoms with Crippen LogP contribution in [0.5, 0.6) is 0 Å². The second kappa shape index (κ2) is 4.82. The van der Waals surface area contributed by atoms with Crippen molar-refractivity contribution in [3.63, 3.8) is 0 Å². The van der Waals surface area contributed by atoms with Gasteiger partial charge in [-0.2, -0.15) is 0 Å². The zero-order valence-corrected chi connectivity index (χ0v) is 11.4. The van der Waals surface area contributed by atoms with Gasteiger partial charge in [0, 0.05) is 14.5 Å². The van der Waals surface area contributed by atoms with Crippen LogP contribution in [0.15, 0.2) is 39.3 Å². The van der Waals surface area contributed by atoms with E-state index in [4.69, 9.17) is 0 Å². The lowest BCUT2D eigenvalue weighted by atomic mass is 10.0. The molecule has 0 unspecified atom stereocenters. The lowest BCUT2D eigenvalue weighted by molar-refractivity contribution is 0.580. The molecule has 0 saturated heterocycles. The number of halogens is 5. The van der Waals surface area contributed by atoms with E-state index in [1.54, 1.807) is 0 Å². The largest absolute Gasteiger partial charge is 0.206 e. The van der Waals surface area contributed by atoms with E-state index in [1.807, 2.05) is 0 Å². The van der Waals surface area contributed by atoms with Gasteiger partial charge in [0.15, 0.2) is 0 Å². The summed E-state index contributed by atoms with van der Waals surface area (Å²) in [6, 6.07) is 6.15. The highest BCUT2D eigenvalue weighted by molar-refractivity contribution is 9.10. The quantitative estimate of drug-likeness (QED) is 0.643. The first-order valence-electron chi connectivity index (χ1n) is 4.59. The van der Waals surface area contributed by atoms with Crippen molar-refractivity contribution >= 4 is 31.9 Å². The monoisotopic (exact) mass is 364 g/mol. The lowest BCUT2D eigenvalue weighted by Gasteiger charge is -2.07. The number of rotatable bonds is 1. The van der Waals surface area contributed by atoms with Gasteiger partial charge in [-0.3, -0.25) is 0 Å². The highest BCUT2D eigenvalue weighted by Gasteiger charge is 2.16. The topological polar surface area (TPSA) is 0 Å². The summed E-state index contributed by atoms with van der Waals surface area (Å²) in [5.74, 6) is -2.30. The van der Waals surface area contributed by atoms with E-state index in [9.17, 15) is 13.2 Å². The molecule has 0 N–H and O–H groups in total. The Morgan fingerprint density at radius 3 is 1.88 bits per heavy atom. The maximum absolute atomic E-state index is 13.7. The molecule has 0 amide bonds. The van der Waals surface area contributed by atoms with E-state index in [1.165, 1.54) is 12.1 Å². The van der Waals surface area contributed by atoms with Crippen LogP contribution in [0, 0.1) is 17.5 Å². The minimum Gasteiger partial charge on any atom is -0.206 e. The molecule has 0 aliphatic heterocycles. The van der Waals surface area contributed by atoms with E-state index < -0.39 is 17.5 Å². The van der Waals surface area contributed by atoms with E-state index in [-0.39, 0.29) is 15.6 Å². The summed E-state index contributed by atoms with van der Waals surface area (Å²) in [5.41, 5.74) is -0.478. The minimum atomic E-state index is -0.811. The van der Waals surface area contributed by atoms with Gasteiger partial charge in [-0.05, 0) is 30.3 Å². The van der Waals surface area contributed by atoms with Crippen LogP contribution in [0.1, 0.15) is 0 Å². The summed E-state index contributed by atoms with van der Waals surface area (Å²) < 4.78 is 41.7. The van der Waals surface area contributed by atoms with Gasteiger partial charge < -0.3 is 0 Å². The van der Waals surface area contributed by atoms with Crippen LogP contribution in [0.2, 0.25) is 0 Å². The Morgan fingerprint density at radius 2 is 1.29 bits per heavy atom. The summed E-state index contributed by atoms with van der Waals surface area (Å²) in [5, 5.41) is 0. The van der Waals surface area contributed by atoms with Crippen molar-refractivity contribution in [2.75, 3.05) is 0 Å². The molecule has 0 radical (unpaired) electrons. The van der Waals surface area contributed by atoms with Crippen LogP contribution in [-0.4, -0.2) is 0 Å². The van der Waals surface area contributed by atoms with Gasteiger partial charge in [-0.15, -0.1) is 0 Å². The first-order valence-corrected chi connectivity index (χ1v) is 6.17. The molecule has 0 spiro atoms. The molecule has 0 atom stereocenters. The molecule has 0 aromatic heterocycles. The Bertz CT molecular complexity index is 559. The summed E-state index contributed by atoms with van der Waals surface area (Å²) in [7, 11) is 0. The third-order valence-electron chi connectivity index (χ3n) is 2.20. The first-order chi connectivity index (χ1) is 7.99. The summed E-state index contributed by atoms with van der Waals surface area (Å²) in [6.07, 6.45) is 0. The molecular formula is C12H5Br2F3. The predicted octanol–water partition coefficient (Wildman–Crippen LogP) is 5.30. The Labute approximate surface area is 113 Å². The zero-order valence-electron chi connectivity index (χ0n) is 8.28. The maximum atomic E-state index is 13.7. The van der Waals surface area contributed by atoms with Gasteiger partial charge >= 0.3 is 0 Å². The molecular weight excluding hydrogens is 361 g/mol. The fourth-order valence-electron chi connectivity index (χ4n) is 1.49. The molecule has 88 valence electrons. The van der Waals surface area contributed by atoms with E-state index >= 15 is 0 Å². The number of hydrogen-bond acceptors (Lipinski definition) is 0. The highest BCUT2D eigenvalue weighted by Crippen LogP contribution is 2.32. The van der Waals surface area contributed by atoms with Gasteiger partial charge in [0.2, 0.25) is 0 Å². The van der Waals surface area contributed by atoms with Gasteiger partial charge in [0.1, 0.15) is 17.5 Å². The fourth-order valence-corrected chi connectivity index (χ4v) is 2.25. The van der Waals surface area contributed by atoms with E-state index in [2.05, 4.69) is 31.9 Å². The number of benzene rings is 2. The van der Waals surface area contributed by atoms with Gasteiger partial charge in [-0.25, -0.2) is 13.2 Å². The minimum absolute atomic E-state index is 0.109. The molecule has 0 bridgehead atoms. The van der Waals surface area contributed by atoms with Crippen LogP contribution >= 0.6 is 31.9 Å². The molecule has 2 aromatic carbocycles. The Hall–Kier alpha value is -0.810. The molecule has 0 aliphatic carbocycles. The normalized spacial score (nSPS) is 10.6. The average Bonchev–Trinajstić information content (AvgIpc) is 2.21. The zero-order chi connectivity index (χ0) is 12.6. The molecule has 0 fully saturated rings. The van der Waals surface area contributed by atoms with E-state index in [0.717, 1.165) is 18.2 Å². The van der Waals surface area contributed by atoms with Crippen LogP contribution < -0.4 is 0 Å². The molecule has 17 heavy (non-hydrogen) atoms. The second-order valence-electron chi connectivity index (χ2n) is 3.37. The third-order valence-corrected chi connectivity index (χ3v) is 3.16. The average molecular weight is 366 g/mol. The first kappa shape index (κ1) is 12.6. The Kier molecular flexibility index (Phi) is 3.58. The molecule has 2 aromatic rings. The van der Waals surface area contributed by atoms with Crippen molar-refractivity contribution in [3.05, 3.63) is 56.7 Å². The Balaban J connectivity index is 2.72.